The maximum absolute atomic E-state index is 12.5. The summed E-state index contributed by atoms with van der Waals surface area (Å²) in [4.78, 5) is 39.9. The number of rotatable bonds is 6. The van der Waals surface area contributed by atoms with Gasteiger partial charge in [-0.2, -0.15) is 0 Å². The molecule has 8 nitrogen and oxygen atoms in total. The number of hydrogen-bond donors (Lipinski definition) is 0. The summed E-state index contributed by atoms with van der Waals surface area (Å²) in [6, 6.07) is 3.02. The zero-order valence-corrected chi connectivity index (χ0v) is 16.4. The van der Waals surface area contributed by atoms with E-state index in [9.17, 15) is 22.8 Å². The van der Waals surface area contributed by atoms with Gasteiger partial charge < -0.3 is 9.32 Å². The molecule has 1 aromatic rings. The Balaban J connectivity index is 1.61. The quantitative estimate of drug-likeness (QED) is 0.655. The van der Waals surface area contributed by atoms with Gasteiger partial charge in [0, 0.05) is 31.6 Å². The minimum absolute atomic E-state index is 0.0277. The highest BCUT2D eigenvalue weighted by molar-refractivity contribution is 8.18. The van der Waals surface area contributed by atoms with Crippen molar-refractivity contribution in [3.8, 4) is 0 Å². The molecule has 0 N–H and O–H groups in total. The highest BCUT2D eigenvalue weighted by atomic mass is 32.2. The van der Waals surface area contributed by atoms with E-state index >= 15 is 0 Å². The molecule has 27 heavy (non-hydrogen) atoms. The minimum atomic E-state index is -3.10. The highest BCUT2D eigenvalue weighted by Gasteiger charge is 2.37. The molecule has 0 aromatic carbocycles. The van der Waals surface area contributed by atoms with Crippen LogP contribution in [0.3, 0.4) is 0 Å². The van der Waals surface area contributed by atoms with Crippen LogP contribution in [0.4, 0.5) is 4.79 Å². The van der Waals surface area contributed by atoms with Gasteiger partial charge in [0.25, 0.3) is 11.1 Å². The molecule has 0 aliphatic carbocycles. The van der Waals surface area contributed by atoms with Crippen LogP contribution in [0.1, 0.15) is 25.5 Å². The Hall–Kier alpha value is -2.07. The van der Waals surface area contributed by atoms with Crippen LogP contribution >= 0.6 is 11.8 Å². The monoisotopic (exact) mass is 412 g/mol. The Bertz CT molecular complexity index is 875. The molecule has 146 valence electrons. The van der Waals surface area contributed by atoms with Crippen molar-refractivity contribution in [2.75, 3.05) is 24.6 Å². The summed E-state index contributed by atoms with van der Waals surface area (Å²) in [7, 11) is -3.10. The number of carbonyl (C=O) groups excluding carboxylic acids is 3. The molecule has 0 saturated carbocycles. The van der Waals surface area contributed by atoms with Crippen LogP contribution in [0.25, 0.3) is 6.08 Å². The summed E-state index contributed by atoms with van der Waals surface area (Å²) in [5.41, 5.74) is 0. The van der Waals surface area contributed by atoms with Crippen molar-refractivity contribution in [2.24, 2.45) is 0 Å². The van der Waals surface area contributed by atoms with Crippen LogP contribution in [-0.2, 0) is 19.4 Å². The molecule has 3 rings (SSSR count). The van der Waals surface area contributed by atoms with E-state index < -0.39 is 21.0 Å². The molecule has 0 radical (unpaired) electrons. The van der Waals surface area contributed by atoms with Crippen molar-refractivity contribution in [3.05, 3.63) is 29.1 Å². The van der Waals surface area contributed by atoms with E-state index in [0.29, 0.717) is 18.7 Å². The third-order valence-electron chi connectivity index (χ3n) is 4.55. The number of nitrogens with zero attached hydrogens (tertiary/aromatic N) is 2. The zero-order chi connectivity index (χ0) is 19.6. The van der Waals surface area contributed by atoms with E-state index in [4.69, 9.17) is 4.42 Å². The molecule has 1 aromatic heterocycles. The van der Waals surface area contributed by atoms with E-state index in [2.05, 4.69) is 0 Å². The first kappa shape index (κ1) is 19.7. The second kappa shape index (κ2) is 7.89. The van der Waals surface area contributed by atoms with Crippen LogP contribution in [-0.4, -0.2) is 65.9 Å². The van der Waals surface area contributed by atoms with Gasteiger partial charge in [-0.05, 0) is 37.2 Å². The molecule has 0 unspecified atom stereocenters. The van der Waals surface area contributed by atoms with E-state index in [1.54, 1.807) is 19.1 Å². The Morgan fingerprint density at radius 1 is 1.44 bits per heavy atom. The smallest absolute Gasteiger partial charge is 0.293 e. The fourth-order valence-electron chi connectivity index (χ4n) is 3.21. The molecular weight excluding hydrogens is 392 g/mol. The number of imide groups is 1. The summed E-state index contributed by atoms with van der Waals surface area (Å²) >= 11 is 0.805. The lowest BCUT2D eigenvalue weighted by atomic mass is 10.2. The largest absolute Gasteiger partial charge is 0.465 e. The standard InChI is InChI=1S/C17H20N2O6S2/c1-2-18(12-6-9-27(23,24)11-12)15(20)5-7-19-16(21)14(26-17(19)22)10-13-4-3-8-25-13/h3-4,8,10,12H,2,5-7,9,11H2,1H3/b14-10-/t12-/m1/s1. The summed E-state index contributed by atoms with van der Waals surface area (Å²) in [6.45, 7) is 2.14. The molecule has 10 heteroatoms. The first-order chi connectivity index (χ1) is 12.8. The molecule has 2 saturated heterocycles. The van der Waals surface area contributed by atoms with Crippen molar-refractivity contribution in [1.82, 2.24) is 9.80 Å². The Morgan fingerprint density at radius 2 is 2.22 bits per heavy atom. The molecule has 2 aliphatic heterocycles. The van der Waals surface area contributed by atoms with Gasteiger partial charge >= 0.3 is 0 Å². The lowest BCUT2D eigenvalue weighted by molar-refractivity contribution is -0.133. The summed E-state index contributed by atoms with van der Waals surface area (Å²) in [5.74, 6) is -0.187. The third kappa shape index (κ3) is 4.44. The Kier molecular flexibility index (Phi) is 5.75. The lowest BCUT2D eigenvalue weighted by Gasteiger charge is -2.27. The Morgan fingerprint density at radius 3 is 2.81 bits per heavy atom. The van der Waals surface area contributed by atoms with E-state index in [-0.39, 0.29) is 41.3 Å². The van der Waals surface area contributed by atoms with Crippen molar-refractivity contribution in [1.29, 1.82) is 0 Å². The van der Waals surface area contributed by atoms with Gasteiger partial charge in [-0.3, -0.25) is 19.3 Å². The van der Waals surface area contributed by atoms with Crippen molar-refractivity contribution in [3.63, 3.8) is 0 Å². The number of carbonyl (C=O) groups is 3. The van der Waals surface area contributed by atoms with Gasteiger partial charge in [-0.1, -0.05) is 0 Å². The fourth-order valence-corrected chi connectivity index (χ4v) is 5.78. The molecule has 2 aliphatic rings. The summed E-state index contributed by atoms with van der Waals surface area (Å²) in [6.07, 6.45) is 3.36. The van der Waals surface area contributed by atoms with Gasteiger partial charge in [-0.15, -0.1) is 0 Å². The topological polar surface area (TPSA) is 105 Å². The average molecular weight is 412 g/mol. The van der Waals surface area contributed by atoms with Crippen LogP contribution < -0.4 is 0 Å². The van der Waals surface area contributed by atoms with Crippen molar-refractivity contribution < 1.29 is 27.2 Å². The second-order valence-electron chi connectivity index (χ2n) is 6.34. The van der Waals surface area contributed by atoms with Crippen LogP contribution in [0.2, 0.25) is 0 Å². The summed E-state index contributed by atoms with van der Waals surface area (Å²) < 4.78 is 28.5. The summed E-state index contributed by atoms with van der Waals surface area (Å²) in [5, 5.41) is -0.433. The van der Waals surface area contributed by atoms with E-state index in [1.807, 2.05) is 0 Å². The second-order valence-corrected chi connectivity index (χ2v) is 9.56. The van der Waals surface area contributed by atoms with Crippen LogP contribution in [0.5, 0.6) is 0 Å². The van der Waals surface area contributed by atoms with E-state index in [1.165, 1.54) is 17.2 Å². The first-order valence-corrected chi connectivity index (χ1v) is 11.2. The molecule has 3 heterocycles. The average Bonchev–Trinajstić information content (AvgIpc) is 3.29. The maximum Gasteiger partial charge on any atom is 0.293 e. The predicted octanol–water partition coefficient (Wildman–Crippen LogP) is 1.74. The van der Waals surface area contributed by atoms with Gasteiger partial charge in [0.05, 0.1) is 22.7 Å². The van der Waals surface area contributed by atoms with E-state index in [0.717, 1.165) is 16.7 Å². The zero-order valence-electron chi connectivity index (χ0n) is 14.8. The minimum Gasteiger partial charge on any atom is -0.465 e. The third-order valence-corrected chi connectivity index (χ3v) is 7.21. The predicted molar refractivity (Wildman–Crippen MR) is 100 cm³/mol. The van der Waals surface area contributed by atoms with Gasteiger partial charge in [-0.25, -0.2) is 8.42 Å². The number of thioether (sulfide) groups is 1. The van der Waals surface area contributed by atoms with Crippen molar-refractivity contribution in [2.45, 2.75) is 25.8 Å². The normalized spacial score (nSPS) is 23.4. The van der Waals surface area contributed by atoms with Crippen LogP contribution in [0.15, 0.2) is 27.7 Å². The lowest BCUT2D eigenvalue weighted by Crippen LogP contribution is -2.42. The molecule has 1 atom stereocenters. The number of hydrogen-bond acceptors (Lipinski definition) is 7. The van der Waals surface area contributed by atoms with Crippen molar-refractivity contribution >= 4 is 44.7 Å². The van der Waals surface area contributed by atoms with Gasteiger partial charge in [0.1, 0.15) is 5.76 Å². The SMILES string of the molecule is CCN(C(=O)CCN1C(=O)S/C(=C\c2ccco2)C1=O)[C@@H]1CCS(=O)(=O)C1. The fraction of sp³-hybridized carbons (Fsp3) is 0.471. The first-order valence-electron chi connectivity index (χ1n) is 8.59. The Labute approximate surface area is 161 Å². The number of furan rings is 1. The number of sulfone groups is 1. The van der Waals surface area contributed by atoms with Crippen LogP contribution in [0, 0.1) is 0 Å². The van der Waals surface area contributed by atoms with Gasteiger partial charge in [0.15, 0.2) is 9.84 Å². The molecular formula is C17H20N2O6S2. The molecule has 2 fully saturated rings. The highest BCUT2D eigenvalue weighted by Crippen LogP contribution is 2.32. The number of amides is 3. The maximum atomic E-state index is 12.5. The molecule has 0 spiro atoms. The molecule has 0 bridgehead atoms. The van der Waals surface area contributed by atoms with Gasteiger partial charge in [0.2, 0.25) is 5.91 Å². The molecule has 3 amide bonds.